The Kier molecular flexibility index (Phi) is 23.2. The van der Waals surface area contributed by atoms with Crippen molar-refractivity contribution in [2.24, 2.45) is 0 Å². The van der Waals surface area contributed by atoms with Gasteiger partial charge in [0, 0.05) is 115 Å². The quantitative estimate of drug-likeness (QED) is 0.0431. The second-order valence-electron chi connectivity index (χ2n) is 27.6. The number of alkyl halides is 6. The molecule has 2 atom stereocenters. The fraction of sp³-hybridized carbons (Fsp3) is 0.468. The number of nitrogens with zero attached hydrogens (tertiary/aromatic N) is 8. The summed E-state index contributed by atoms with van der Waals surface area (Å²) in [5.41, 5.74) is 2.70. The maximum Gasteiger partial charge on any atom is 0.416 e. The number of ether oxygens (including phenoxy) is 2. The molecule has 4 aliphatic heterocycles. The van der Waals surface area contributed by atoms with Crippen LogP contribution in [0, 0.1) is 5.82 Å². The summed E-state index contributed by atoms with van der Waals surface area (Å²) in [6, 6.07) is 37.8. The van der Waals surface area contributed by atoms with Crippen molar-refractivity contribution in [1.82, 2.24) is 34.3 Å². The number of carbonyl (C=O) groups is 5. The van der Waals surface area contributed by atoms with Gasteiger partial charge in [-0.2, -0.15) is 26.3 Å². The van der Waals surface area contributed by atoms with E-state index in [0.29, 0.717) is 113 Å². The zero-order valence-corrected chi connectivity index (χ0v) is 57.1. The summed E-state index contributed by atoms with van der Waals surface area (Å²) < 4.78 is 110. The number of benzene rings is 6. The van der Waals surface area contributed by atoms with E-state index < -0.39 is 64.6 Å². The third-order valence-corrected chi connectivity index (χ3v) is 21.2. The van der Waals surface area contributed by atoms with Crippen LogP contribution in [0.4, 0.5) is 41.2 Å². The molecule has 100 heavy (non-hydrogen) atoms. The topological polar surface area (TPSA) is 150 Å². The van der Waals surface area contributed by atoms with Crippen molar-refractivity contribution in [2.45, 2.75) is 119 Å². The van der Waals surface area contributed by atoms with E-state index in [4.69, 9.17) is 9.47 Å². The molecule has 0 aromatic heterocycles. The number of hydrogen-bond donors (Lipinski definition) is 1. The maximum absolute atomic E-state index is 14.3. The molecule has 534 valence electrons. The standard InChI is InChI=1S/C77H89F7N8O8/c1-85(70(94)51-99-68-48-56-17-9-11-19-66(56)74(68)31-40-89(41-32-74)42-33-75(60-24-26-63(78)27-25-60)52-91(53-100-75)72(96)59-46-61(76(79,80)81)49-62(47-59)77(82,83)84)34-14-35-87(3)71(95)57-22-23-58-50-90(37-28-55(58)45-57)36-13-5-8-21-69(93)86(2)43-44-88-38-29-64(30-39-88)92(73(97)98)67-20-12-10-18-65(67)54-15-6-4-7-16-54/h4,6-7,9-12,15-20,22-27,45-47,49,64,68H,5,8,13-14,21,28-44,48,50-53H2,1-3H3,(H,97,98)/t68-,75-/m0/s1. The molecule has 0 radical (unpaired) electrons. The number of carboxylic acid groups (broad SMARTS) is 1. The van der Waals surface area contributed by atoms with Crippen LogP contribution in [0.15, 0.2) is 140 Å². The van der Waals surface area contributed by atoms with Crippen LogP contribution in [0.25, 0.3) is 11.1 Å². The lowest BCUT2D eigenvalue weighted by molar-refractivity contribution is -0.143. The fourth-order valence-corrected chi connectivity index (χ4v) is 15.3. The number of rotatable bonds is 25. The number of halogens is 7. The van der Waals surface area contributed by atoms with Gasteiger partial charge in [0.1, 0.15) is 24.8 Å². The molecular weight excluding hydrogens is 1300 g/mol. The van der Waals surface area contributed by atoms with Gasteiger partial charge in [-0.25, -0.2) is 9.18 Å². The number of piperidine rings is 2. The molecule has 1 aliphatic carbocycles. The zero-order chi connectivity index (χ0) is 70.9. The highest BCUT2D eigenvalue weighted by Crippen LogP contribution is 2.49. The Balaban J connectivity index is 0.582. The molecule has 4 heterocycles. The Bertz CT molecular complexity index is 3810. The van der Waals surface area contributed by atoms with Crippen molar-refractivity contribution in [2.75, 3.05) is 118 Å². The SMILES string of the molecule is CN(CCN1CCC(N(C(=O)O)c2ccccc2-c2ccccc2)CC1)C(=O)CCCCCN1CCc2cc(C(=O)N(C)CCCN(C)C(=O)CO[C@H]3Cc4ccccc4C34CCN(CC[C@@]3(c5ccc(F)cc5)CN(C(=O)c5cc(C(F)(F)F)cc(C(F)(F)F)c5)CO3)CC4)ccc2C1. The van der Waals surface area contributed by atoms with E-state index >= 15 is 0 Å². The summed E-state index contributed by atoms with van der Waals surface area (Å²) in [6.07, 6.45) is -3.29. The Labute approximate surface area is 580 Å². The highest BCUT2D eigenvalue weighted by molar-refractivity contribution is 5.96. The van der Waals surface area contributed by atoms with E-state index in [1.54, 1.807) is 23.9 Å². The van der Waals surface area contributed by atoms with Gasteiger partial charge in [0.25, 0.3) is 11.8 Å². The van der Waals surface area contributed by atoms with Crippen LogP contribution < -0.4 is 4.90 Å². The number of likely N-dealkylation sites (N-methyl/N-ethyl adjacent to an activating group) is 2. The van der Waals surface area contributed by atoms with Gasteiger partial charge in [-0.05, 0) is 166 Å². The van der Waals surface area contributed by atoms with E-state index in [2.05, 4.69) is 32.9 Å². The lowest BCUT2D eigenvalue weighted by Crippen LogP contribution is -2.50. The number of likely N-dealkylation sites (tertiary alicyclic amines) is 2. The average molecular weight is 1390 g/mol. The van der Waals surface area contributed by atoms with Crippen molar-refractivity contribution in [3.8, 4) is 11.1 Å². The van der Waals surface area contributed by atoms with Gasteiger partial charge in [-0.3, -0.25) is 29.0 Å². The lowest BCUT2D eigenvalue weighted by Gasteiger charge is -2.44. The number of anilines is 1. The van der Waals surface area contributed by atoms with Crippen LogP contribution in [0.1, 0.15) is 124 Å². The molecule has 3 saturated heterocycles. The van der Waals surface area contributed by atoms with Crippen molar-refractivity contribution in [3.63, 3.8) is 0 Å². The minimum absolute atomic E-state index is 0.0264. The van der Waals surface area contributed by atoms with Crippen LogP contribution in [0.3, 0.4) is 0 Å². The highest BCUT2D eigenvalue weighted by atomic mass is 19.4. The van der Waals surface area contributed by atoms with Gasteiger partial charge in [0.15, 0.2) is 0 Å². The van der Waals surface area contributed by atoms with Crippen molar-refractivity contribution >= 4 is 35.4 Å². The van der Waals surface area contributed by atoms with Crippen LogP contribution in [0.5, 0.6) is 0 Å². The van der Waals surface area contributed by atoms with Crippen molar-refractivity contribution in [3.05, 3.63) is 195 Å². The first kappa shape index (κ1) is 73.0. The van der Waals surface area contributed by atoms with Crippen molar-refractivity contribution < 1.29 is 69.3 Å². The predicted molar refractivity (Wildman–Crippen MR) is 366 cm³/mol. The van der Waals surface area contributed by atoms with Gasteiger partial charge < -0.3 is 44.0 Å². The molecule has 0 bridgehead atoms. The molecule has 0 unspecified atom stereocenters. The van der Waals surface area contributed by atoms with Crippen LogP contribution in [-0.2, 0) is 61.8 Å². The molecule has 1 N–H and O–H groups in total. The minimum atomic E-state index is -5.15. The number of amides is 5. The number of unbranched alkanes of at least 4 members (excludes halogenated alkanes) is 2. The summed E-state index contributed by atoms with van der Waals surface area (Å²) in [7, 11) is 5.37. The number of hydrogen-bond acceptors (Lipinski definition) is 10. The first-order valence-electron chi connectivity index (χ1n) is 34.8. The molecule has 5 aliphatic rings. The van der Waals surface area contributed by atoms with Crippen LogP contribution in [-0.4, -0.2) is 194 Å². The normalized spacial score (nSPS) is 18.9. The summed E-state index contributed by atoms with van der Waals surface area (Å²) in [6.45, 7) is 7.17. The predicted octanol–water partition coefficient (Wildman–Crippen LogP) is 12.9. The van der Waals surface area contributed by atoms with Crippen LogP contribution in [0.2, 0.25) is 0 Å². The minimum Gasteiger partial charge on any atom is -0.465 e. The van der Waals surface area contributed by atoms with Gasteiger partial charge in [-0.15, -0.1) is 0 Å². The summed E-state index contributed by atoms with van der Waals surface area (Å²) in [4.78, 5) is 81.9. The molecule has 16 nitrogen and oxygen atoms in total. The number of fused-ring (bicyclic) bond motifs is 3. The first-order chi connectivity index (χ1) is 47.9. The molecule has 6 aromatic carbocycles. The van der Waals surface area contributed by atoms with E-state index in [1.165, 1.54) is 45.9 Å². The Morgan fingerprint density at radius 3 is 1.99 bits per heavy atom. The maximum atomic E-state index is 14.3. The Hall–Kier alpha value is -8.22. The van der Waals surface area contributed by atoms with E-state index in [9.17, 15) is 59.8 Å². The van der Waals surface area contributed by atoms with E-state index in [0.717, 1.165) is 86.5 Å². The molecule has 6 aromatic rings. The largest absolute Gasteiger partial charge is 0.465 e. The van der Waals surface area contributed by atoms with Gasteiger partial charge >= 0.3 is 18.4 Å². The summed E-state index contributed by atoms with van der Waals surface area (Å²) >= 11 is 0. The zero-order valence-electron chi connectivity index (χ0n) is 57.1. The van der Waals surface area contributed by atoms with Gasteiger partial charge in [-0.1, -0.05) is 97.4 Å². The molecule has 0 saturated carbocycles. The molecule has 3 fully saturated rings. The number of carbonyl (C=O) groups excluding carboxylic acids is 4. The smallest absolute Gasteiger partial charge is 0.416 e. The molecule has 5 amide bonds. The second-order valence-corrected chi connectivity index (χ2v) is 27.6. The Morgan fingerprint density at radius 2 is 1.28 bits per heavy atom. The van der Waals surface area contributed by atoms with Crippen molar-refractivity contribution in [1.29, 1.82) is 0 Å². The molecule has 23 heteroatoms. The summed E-state index contributed by atoms with van der Waals surface area (Å²) in [5, 5.41) is 10.4. The monoisotopic (exact) mass is 1390 g/mol. The lowest BCUT2D eigenvalue weighted by atomic mass is 9.72. The third kappa shape index (κ3) is 17.2. The van der Waals surface area contributed by atoms with E-state index in [1.807, 2.05) is 90.8 Å². The van der Waals surface area contributed by atoms with Crippen LogP contribution >= 0.6 is 0 Å². The summed E-state index contributed by atoms with van der Waals surface area (Å²) in [5.74, 6) is -1.74. The molecule has 11 rings (SSSR count). The molecule has 1 spiro atoms. The van der Waals surface area contributed by atoms with Gasteiger partial charge in [0.2, 0.25) is 11.8 Å². The van der Waals surface area contributed by atoms with E-state index in [-0.39, 0.29) is 55.5 Å². The highest BCUT2D eigenvalue weighted by Gasteiger charge is 2.50. The molecular formula is C77H89F7N8O8. The third-order valence-electron chi connectivity index (χ3n) is 21.2. The average Bonchev–Trinajstić information content (AvgIpc) is 1.57. The second kappa shape index (κ2) is 31.8. The fourth-order valence-electron chi connectivity index (χ4n) is 15.3. The first-order valence-corrected chi connectivity index (χ1v) is 34.8. The Morgan fingerprint density at radius 1 is 0.620 bits per heavy atom. The number of para-hydroxylation sites is 1. The van der Waals surface area contributed by atoms with Gasteiger partial charge in [0.05, 0.1) is 29.5 Å².